The van der Waals surface area contributed by atoms with Gasteiger partial charge in [0, 0.05) is 39.9 Å². The van der Waals surface area contributed by atoms with Crippen molar-refractivity contribution in [3.8, 4) is 11.3 Å². The minimum absolute atomic E-state index is 0.333. The highest BCUT2D eigenvalue weighted by atomic mass is 19.1. The Morgan fingerprint density at radius 2 is 1.97 bits per heavy atom. The molecule has 1 saturated heterocycles. The highest BCUT2D eigenvalue weighted by Crippen LogP contribution is 2.31. The molecule has 0 radical (unpaired) electrons. The van der Waals surface area contributed by atoms with E-state index in [9.17, 15) is 4.39 Å². The number of imidazole rings is 1. The van der Waals surface area contributed by atoms with Crippen LogP contribution in [0.3, 0.4) is 0 Å². The van der Waals surface area contributed by atoms with E-state index in [1.165, 1.54) is 0 Å². The molecule has 170 valence electrons. The number of hydrogen-bond donors (Lipinski definition) is 2. The lowest BCUT2D eigenvalue weighted by molar-refractivity contribution is 0.0341. The molecule has 33 heavy (non-hydrogen) atoms. The molecule has 3 aromatic heterocycles. The SMILES string of the molecule is CNc1nc(Nc2ccc(CN3CCOCC3)cc2F)cnc1-c1cncc2c1ncn2C. The topological polar surface area (TPSA) is 93.0 Å². The second-order valence-electron chi connectivity index (χ2n) is 7.94. The van der Waals surface area contributed by atoms with Gasteiger partial charge in [0.1, 0.15) is 17.0 Å². The Bertz CT molecular complexity index is 1280. The number of nitrogens with zero attached hydrogens (tertiary/aromatic N) is 6. The molecule has 0 bridgehead atoms. The van der Waals surface area contributed by atoms with Gasteiger partial charge in [-0.1, -0.05) is 6.07 Å². The molecule has 1 fully saturated rings. The number of benzene rings is 1. The molecule has 1 aliphatic heterocycles. The fraction of sp³-hybridized carbons (Fsp3) is 0.304. The van der Waals surface area contributed by atoms with Crippen LogP contribution in [-0.4, -0.2) is 62.8 Å². The van der Waals surface area contributed by atoms with Crippen molar-refractivity contribution in [2.75, 3.05) is 44.0 Å². The van der Waals surface area contributed by atoms with Crippen molar-refractivity contribution in [2.45, 2.75) is 6.54 Å². The number of fused-ring (bicyclic) bond motifs is 1. The monoisotopic (exact) mass is 448 g/mol. The van der Waals surface area contributed by atoms with Crippen LogP contribution in [0.2, 0.25) is 0 Å². The van der Waals surface area contributed by atoms with Crippen LogP contribution in [0.15, 0.2) is 43.1 Å². The van der Waals surface area contributed by atoms with E-state index in [1.54, 1.807) is 44.1 Å². The van der Waals surface area contributed by atoms with Crippen molar-refractivity contribution in [1.82, 2.24) is 29.4 Å². The second-order valence-corrected chi connectivity index (χ2v) is 7.94. The first-order valence-corrected chi connectivity index (χ1v) is 10.8. The van der Waals surface area contributed by atoms with Gasteiger partial charge in [-0.3, -0.25) is 9.88 Å². The van der Waals surface area contributed by atoms with Crippen LogP contribution in [-0.2, 0) is 18.3 Å². The van der Waals surface area contributed by atoms with E-state index in [-0.39, 0.29) is 5.82 Å². The van der Waals surface area contributed by atoms with Crippen molar-refractivity contribution in [3.63, 3.8) is 0 Å². The van der Waals surface area contributed by atoms with E-state index < -0.39 is 0 Å². The van der Waals surface area contributed by atoms with Crippen LogP contribution in [0, 0.1) is 5.82 Å². The molecule has 10 heteroatoms. The number of anilines is 3. The number of morpholine rings is 1. The Morgan fingerprint density at radius 1 is 1.12 bits per heavy atom. The Hall–Kier alpha value is -3.63. The largest absolute Gasteiger partial charge is 0.379 e. The normalized spacial score (nSPS) is 14.5. The maximum Gasteiger partial charge on any atom is 0.154 e. The Morgan fingerprint density at radius 3 is 2.76 bits per heavy atom. The summed E-state index contributed by atoms with van der Waals surface area (Å²) in [5.74, 6) is 0.647. The van der Waals surface area contributed by atoms with Gasteiger partial charge >= 0.3 is 0 Å². The molecule has 0 unspecified atom stereocenters. The van der Waals surface area contributed by atoms with Crippen LogP contribution in [0.1, 0.15) is 5.56 Å². The number of ether oxygens (including phenoxy) is 1. The number of nitrogens with one attached hydrogen (secondary N) is 2. The smallest absolute Gasteiger partial charge is 0.154 e. The number of pyridine rings is 1. The molecule has 4 heterocycles. The van der Waals surface area contributed by atoms with Crippen LogP contribution in [0.25, 0.3) is 22.3 Å². The van der Waals surface area contributed by atoms with Gasteiger partial charge < -0.3 is 19.9 Å². The molecule has 0 aliphatic carbocycles. The van der Waals surface area contributed by atoms with Gasteiger partial charge in [0.05, 0.1) is 48.7 Å². The number of aromatic nitrogens is 5. The summed E-state index contributed by atoms with van der Waals surface area (Å²) in [5, 5.41) is 6.12. The molecule has 5 rings (SSSR count). The first kappa shape index (κ1) is 21.2. The Balaban J connectivity index is 1.38. The second kappa shape index (κ2) is 9.08. The Kier molecular flexibility index (Phi) is 5.84. The first-order chi connectivity index (χ1) is 16.1. The number of halogens is 1. The van der Waals surface area contributed by atoms with E-state index in [2.05, 4.69) is 35.5 Å². The highest BCUT2D eigenvalue weighted by molar-refractivity contribution is 5.93. The fourth-order valence-corrected chi connectivity index (χ4v) is 3.95. The molecular formula is C23H25FN8O. The molecule has 0 saturated carbocycles. The molecule has 2 N–H and O–H groups in total. The molecule has 0 atom stereocenters. The summed E-state index contributed by atoms with van der Waals surface area (Å²) in [4.78, 5) is 20.2. The third-order valence-corrected chi connectivity index (χ3v) is 5.71. The van der Waals surface area contributed by atoms with E-state index in [4.69, 9.17) is 4.74 Å². The zero-order valence-corrected chi connectivity index (χ0v) is 18.5. The molecular weight excluding hydrogens is 423 g/mol. The summed E-state index contributed by atoms with van der Waals surface area (Å²) in [6.07, 6.45) is 6.81. The zero-order valence-electron chi connectivity index (χ0n) is 18.5. The summed E-state index contributed by atoms with van der Waals surface area (Å²) >= 11 is 0. The van der Waals surface area contributed by atoms with Crippen LogP contribution in [0.4, 0.5) is 21.7 Å². The first-order valence-electron chi connectivity index (χ1n) is 10.8. The minimum Gasteiger partial charge on any atom is -0.379 e. The third-order valence-electron chi connectivity index (χ3n) is 5.71. The highest BCUT2D eigenvalue weighted by Gasteiger charge is 2.16. The minimum atomic E-state index is -0.333. The molecule has 1 aromatic carbocycles. The lowest BCUT2D eigenvalue weighted by Crippen LogP contribution is -2.35. The maximum absolute atomic E-state index is 14.8. The zero-order chi connectivity index (χ0) is 22.8. The molecule has 0 spiro atoms. The quantitative estimate of drug-likeness (QED) is 0.465. The standard InChI is InChI=1S/C23H25FN8O/c1-25-23-22(16-10-26-11-19-21(16)28-14-31(19)2)27-12-20(30-23)29-18-4-3-15(9-17(18)24)13-32-5-7-33-8-6-32/h3-4,9-12,14H,5-8,13H2,1-2H3,(H2,25,29,30). The van der Waals surface area contributed by atoms with Gasteiger partial charge in [-0.25, -0.2) is 19.3 Å². The predicted molar refractivity (Wildman–Crippen MR) is 125 cm³/mol. The number of aryl methyl sites for hydroxylation is 1. The van der Waals surface area contributed by atoms with E-state index >= 15 is 0 Å². The average Bonchev–Trinajstić information content (AvgIpc) is 3.22. The fourth-order valence-electron chi connectivity index (χ4n) is 3.95. The maximum atomic E-state index is 14.8. The number of rotatable bonds is 6. The molecule has 9 nitrogen and oxygen atoms in total. The summed E-state index contributed by atoms with van der Waals surface area (Å²) in [6.45, 7) is 3.85. The molecule has 0 amide bonds. The van der Waals surface area contributed by atoms with E-state index in [1.807, 2.05) is 17.7 Å². The van der Waals surface area contributed by atoms with Gasteiger partial charge in [-0.15, -0.1) is 0 Å². The van der Waals surface area contributed by atoms with E-state index in [0.717, 1.165) is 48.5 Å². The van der Waals surface area contributed by atoms with Crippen molar-refractivity contribution < 1.29 is 9.13 Å². The van der Waals surface area contributed by atoms with Gasteiger partial charge in [-0.05, 0) is 17.7 Å². The Labute approximate surface area is 190 Å². The van der Waals surface area contributed by atoms with Crippen molar-refractivity contribution in [3.05, 3.63) is 54.5 Å². The number of hydrogen-bond acceptors (Lipinski definition) is 8. The lowest BCUT2D eigenvalue weighted by Gasteiger charge is -2.26. The summed E-state index contributed by atoms with van der Waals surface area (Å²) in [5.41, 5.74) is 4.36. The predicted octanol–water partition coefficient (Wildman–Crippen LogP) is 3.18. The van der Waals surface area contributed by atoms with Gasteiger partial charge in [0.2, 0.25) is 0 Å². The van der Waals surface area contributed by atoms with Crippen molar-refractivity contribution in [2.24, 2.45) is 7.05 Å². The lowest BCUT2D eigenvalue weighted by atomic mass is 10.1. The average molecular weight is 449 g/mol. The van der Waals surface area contributed by atoms with E-state index in [0.29, 0.717) is 29.6 Å². The summed E-state index contributed by atoms with van der Waals surface area (Å²) in [6, 6.07) is 5.22. The van der Waals surface area contributed by atoms with Crippen LogP contribution in [0.5, 0.6) is 0 Å². The third kappa shape index (κ3) is 4.35. The van der Waals surface area contributed by atoms with Crippen LogP contribution < -0.4 is 10.6 Å². The van der Waals surface area contributed by atoms with Gasteiger partial charge in [0.15, 0.2) is 11.6 Å². The van der Waals surface area contributed by atoms with Crippen LogP contribution >= 0.6 is 0 Å². The summed E-state index contributed by atoms with van der Waals surface area (Å²) < 4.78 is 22.1. The van der Waals surface area contributed by atoms with Crippen molar-refractivity contribution in [1.29, 1.82) is 0 Å². The molecule has 4 aromatic rings. The van der Waals surface area contributed by atoms with Crippen molar-refractivity contribution >= 4 is 28.4 Å². The summed E-state index contributed by atoms with van der Waals surface area (Å²) in [7, 11) is 3.68. The van der Waals surface area contributed by atoms with Gasteiger partial charge in [-0.2, -0.15) is 0 Å². The molecule has 1 aliphatic rings. The van der Waals surface area contributed by atoms with Gasteiger partial charge in [0.25, 0.3) is 0 Å².